The van der Waals surface area contributed by atoms with E-state index in [2.05, 4.69) is 0 Å². The highest BCUT2D eigenvalue weighted by Gasteiger charge is 2.44. The molecule has 9 nitrogen and oxygen atoms in total. The number of rotatable bonds is 7. The Morgan fingerprint density at radius 3 is 2.24 bits per heavy atom. The first-order valence-electron chi connectivity index (χ1n) is 8.34. The van der Waals surface area contributed by atoms with Gasteiger partial charge in [0, 0.05) is 20.3 Å². The number of aliphatic hydroxyl groups is 3. The van der Waals surface area contributed by atoms with Crippen molar-refractivity contribution in [2.24, 2.45) is 0 Å². The van der Waals surface area contributed by atoms with Crippen molar-refractivity contribution in [1.29, 1.82) is 0 Å². The number of ether oxygens (including phenoxy) is 4. The Labute approximate surface area is 146 Å². The molecule has 25 heavy (non-hydrogen) atoms. The summed E-state index contributed by atoms with van der Waals surface area (Å²) in [5, 5.41) is 30.8. The summed E-state index contributed by atoms with van der Waals surface area (Å²) in [6, 6.07) is 0. The molecule has 1 fully saturated rings. The normalized spacial score (nSPS) is 30.4. The number of carbonyl (C=O) groups is 2. The van der Waals surface area contributed by atoms with Crippen molar-refractivity contribution < 1.29 is 43.9 Å². The van der Waals surface area contributed by atoms with Crippen LogP contribution in [0.2, 0.25) is 0 Å². The van der Waals surface area contributed by atoms with Gasteiger partial charge in [0.2, 0.25) is 6.29 Å². The third kappa shape index (κ3) is 6.52. The first kappa shape index (κ1) is 21.8. The van der Waals surface area contributed by atoms with Gasteiger partial charge in [-0.2, -0.15) is 0 Å². The van der Waals surface area contributed by atoms with Gasteiger partial charge in [-0.05, 0) is 12.8 Å². The lowest BCUT2D eigenvalue weighted by molar-refractivity contribution is -0.292. The van der Waals surface area contributed by atoms with Crippen LogP contribution in [0, 0.1) is 0 Å². The van der Waals surface area contributed by atoms with E-state index in [-0.39, 0.29) is 25.9 Å². The number of hydrogen-bond acceptors (Lipinski definition) is 9. The average Bonchev–Trinajstić information content (AvgIpc) is 2.64. The molecule has 1 saturated heterocycles. The minimum absolute atomic E-state index is 0.141. The zero-order chi connectivity index (χ0) is 19.2. The Morgan fingerprint density at radius 2 is 1.76 bits per heavy atom. The van der Waals surface area contributed by atoms with E-state index in [4.69, 9.17) is 18.9 Å². The van der Waals surface area contributed by atoms with Crippen molar-refractivity contribution in [3.05, 3.63) is 0 Å². The van der Waals surface area contributed by atoms with Gasteiger partial charge in [0.25, 0.3) is 0 Å². The van der Waals surface area contributed by atoms with Crippen LogP contribution in [0.3, 0.4) is 0 Å². The Morgan fingerprint density at radius 1 is 1.16 bits per heavy atom. The Balaban J connectivity index is 3.01. The summed E-state index contributed by atoms with van der Waals surface area (Å²) in [7, 11) is 0. The molecule has 0 aromatic rings. The quantitative estimate of drug-likeness (QED) is 0.416. The van der Waals surface area contributed by atoms with E-state index >= 15 is 0 Å². The highest BCUT2D eigenvalue weighted by Crippen LogP contribution is 2.29. The van der Waals surface area contributed by atoms with Crippen LogP contribution in [-0.2, 0) is 28.5 Å². The van der Waals surface area contributed by atoms with E-state index in [0.717, 1.165) is 0 Å². The van der Waals surface area contributed by atoms with Crippen LogP contribution < -0.4 is 0 Å². The molecule has 146 valence electrons. The lowest BCUT2D eigenvalue weighted by Gasteiger charge is -2.34. The topological polar surface area (TPSA) is 132 Å². The maximum Gasteiger partial charge on any atom is 0.305 e. The number of esters is 2. The van der Waals surface area contributed by atoms with E-state index in [1.165, 1.54) is 13.8 Å². The Hall–Kier alpha value is -1.26. The van der Waals surface area contributed by atoms with Gasteiger partial charge in [-0.25, -0.2) is 0 Å². The minimum Gasteiger partial charge on any atom is -0.463 e. The Bertz CT molecular complexity index is 449. The fourth-order valence-electron chi connectivity index (χ4n) is 2.48. The van der Waals surface area contributed by atoms with Crippen LogP contribution in [0.25, 0.3) is 0 Å². The number of carbonyl (C=O) groups excluding carboxylic acids is 2. The maximum absolute atomic E-state index is 11.4. The molecule has 9 heteroatoms. The van der Waals surface area contributed by atoms with Crippen LogP contribution in [0.5, 0.6) is 0 Å². The van der Waals surface area contributed by atoms with Crippen molar-refractivity contribution in [1.82, 2.24) is 0 Å². The van der Waals surface area contributed by atoms with Gasteiger partial charge < -0.3 is 34.3 Å². The molecule has 0 aliphatic carbocycles. The summed E-state index contributed by atoms with van der Waals surface area (Å²) in [6.45, 7) is 5.47. The molecule has 1 aliphatic heterocycles. The summed E-state index contributed by atoms with van der Waals surface area (Å²) in [5.41, 5.74) is 0. The summed E-state index contributed by atoms with van der Waals surface area (Å²) >= 11 is 0. The number of aliphatic hydroxyl groups excluding tert-OH is 2. The average molecular weight is 364 g/mol. The van der Waals surface area contributed by atoms with E-state index in [9.17, 15) is 24.9 Å². The van der Waals surface area contributed by atoms with Gasteiger partial charge in [-0.1, -0.05) is 13.8 Å². The second-order valence-corrected chi connectivity index (χ2v) is 6.06. The Kier molecular flexibility index (Phi) is 8.23. The zero-order valence-electron chi connectivity index (χ0n) is 15.0. The smallest absolute Gasteiger partial charge is 0.305 e. The van der Waals surface area contributed by atoms with Gasteiger partial charge in [0.15, 0.2) is 5.79 Å². The highest BCUT2D eigenvalue weighted by atomic mass is 16.7. The van der Waals surface area contributed by atoms with Crippen molar-refractivity contribution in [2.75, 3.05) is 6.61 Å². The van der Waals surface area contributed by atoms with E-state index in [1.807, 2.05) is 0 Å². The summed E-state index contributed by atoms with van der Waals surface area (Å²) in [6.07, 6.45) is -5.70. The predicted octanol–water partition coefficient (Wildman–Crippen LogP) is -0.157. The molecule has 1 aliphatic rings. The SMILES string of the molecule is CCC(O)(CC)O[C@@H]1C[C@@H](O)[C@H](O)[C@@H](COC(C)=O)OC1OC(C)=O. The van der Waals surface area contributed by atoms with E-state index in [1.54, 1.807) is 13.8 Å². The molecular weight excluding hydrogens is 336 g/mol. The van der Waals surface area contributed by atoms with Crippen molar-refractivity contribution in [3.63, 3.8) is 0 Å². The molecule has 0 spiro atoms. The molecule has 1 heterocycles. The standard InChI is InChI=1S/C16H28O9/c1-5-16(21,6-2)25-12-7-11(19)14(20)13(8-22-9(3)17)24-15(12)23-10(4)18/h11-15,19-21H,5-8H2,1-4H3/t11-,12-,13-,14+,15?/m1/s1. The number of hydrogen-bond donors (Lipinski definition) is 3. The first-order chi connectivity index (χ1) is 11.6. The van der Waals surface area contributed by atoms with Crippen molar-refractivity contribution >= 4 is 11.9 Å². The van der Waals surface area contributed by atoms with Gasteiger partial charge in [-0.3, -0.25) is 9.59 Å². The lowest BCUT2D eigenvalue weighted by atomic mass is 10.0. The maximum atomic E-state index is 11.4. The highest BCUT2D eigenvalue weighted by molar-refractivity contribution is 5.66. The first-order valence-corrected chi connectivity index (χ1v) is 8.34. The van der Waals surface area contributed by atoms with Gasteiger partial charge in [0.1, 0.15) is 24.9 Å². The molecule has 0 saturated carbocycles. The van der Waals surface area contributed by atoms with Crippen LogP contribution in [0.15, 0.2) is 0 Å². The summed E-state index contributed by atoms with van der Waals surface area (Å²) < 4.78 is 21.1. The third-order valence-electron chi connectivity index (χ3n) is 4.07. The second-order valence-electron chi connectivity index (χ2n) is 6.06. The third-order valence-corrected chi connectivity index (χ3v) is 4.07. The molecule has 1 rings (SSSR count). The van der Waals surface area contributed by atoms with E-state index in [0.29, 0.717) is 0 Å². The summed E-state index contributed by atoms with van der Waals surface area (Å²) in [4.78, 5) is 22.4. The molecule has 0 bridgehead atoms. The van der Waals surface area contributed by atoms with Gasteiger partial charge >= 0.3 is 11.9 Å². The zero-order valence-corrected chi connectivity index (χ0v) is 15.0. The molecule has 0 aromatic heterocycles. The monoisotopic (exact) mass is 364 g/mol. The minimum atomic E-state index is -1.49. The van der Waals surface area contributed by atoms with Gasteiger partial charge in [-0.15, -0.1) is 0 Å². The van der Waals surface area contributed by atoms with Crippen LogP contribution in [0.1, 0.15) is 47.0 Å². The van der Waals surface area contributed by atoms with Crippen molar-refractivity contribution in [3.8, 4) is 0 Å². The molecule has 3 N–H and O–H groups in total. The molecule has 1 unspecified atom stereocenters. The molecule has 0 amide bonds. The van der Waals surface area contributed by atoms with Crippen LogP contribution >= 0.6 is 0 Å². The predicted molar refractivity (Wildman–Crippen MR) is 84.1 cm³/mol. The van der Waals surface area contributed by atoms with Gasteiger partial charge in [0.05, 0.1) is 6.10 Å². The van der Waals surface area contributed by atoms with Crippen LogP contribution in [-0.4, -0.2) is 70.4 Å². The van der Waals surface area contributed by atoms with Crippen molar-refractivity contribution in [2.45, 2.75) is 83.5 Å². The molecular formula is C16H28O9. The largest absolute Gasteiger partial charge is 0.463 e. The molecule has 0 radical (unpaired) electrons. The second kappa shape index (κ2) is 9.44. The lowest BCUT2D eigenvalue weighted by Crippen LogP contribution is -2.44. The van der Waals surface area contributed by atoms with Crippen LogP contribution in [0.4, 0.5) is 0 Å². The fourth-order valence-corrected chi connectivity index (χ4v) is 2.48. The molecule has 5 atom stereocenters. The molecule has 0 aromatic carbocycles. The fraction of sp³-hybridized carbons (Fsp3) is 0.875. The van der Waals surface area contributed by atoms with E-state index < -0.39 is 48.4 Å². The summed E-state index contributed by atoms with van der Waals surface area (Å²) in [5.74, 6) is -2.74.